The zero-order valence-electron chi connectivity index (χ0n) is 10.4. The fourth-order valence-corrected chi connectivity index (χ4v) is 4.30. The maximum atomic E-state index is 12.4. The van der Waals surface area contributed by atoms with Crippen LogP contribution in [0.2, 0.25) is 0 Å². The van der Waals surface area contributed by atoms with Gasteiger partial charge in [0.05, 0.1) is 6.61 Å². The van der Waals surface area contributed by atoms with Gasteiger partial charge in [0.15, 0.2) is 11.7 Å². The van der Waals surface area contributed by atoms with E-state index in [4.69, 9.17) is 9.26 Å². The molecule has 0 bridgehead atoms. The van der Waals surface area contributed by atoms with E-state index in [0.717, 1.165) is 12.7 Å². The highest BCUT2D eigenvalue weighted by atomic mass is 31.2. The Morgan fingerprint density at radius 1 is 1.16 bits per heavy atom. The van der Waals surface area contributed by atoms with Crippen molar-refractivity contribution in [2.75, 3.05) is 7.11 Å². The molecule has 7 heteroatoms. The van der Waals surface area contributed by atoms with Crippen molar-refractivity contribution >= 4 is 7.37 Å². The number of hydrogen-bond donors (Lipinski definition) is 3. The largest absolute Gasteiger partial charge is 0.387 e. The van der Waals surface area contributed by atoms with Crippen LogP contribution in [0.4, 0.5) is 0 Å². The lowest BCUT2D eigenvalue weighted by atomic mass is 10.2. The van der Waals surface area contributed by atoms with Crippen LogP contribution >= 0.6 is 7.37 Å². The summed E-state index contributed by atoms with van der Waals surface area (Å²) in [7, 11) is -2.51. The third kappa shape index (κ3) is 2.60. The summed E-state index contributed by atoms with van der Waals surface area (Å²) in [5, 5.41) is 29.0. The first-order valence-corrected chi connectivity index (χ1v) is 7.62. The third-order valence-corrected chi connectivity index (χ3v) is 6.00. The average Bonchev–Trinajstić information content (AvgIpc) is 2.60. The predicted molar refractivity (Wildman–Crippen MR) is 67.7 cm³/mol. The molecule has 0 aromatic heterocycles. The summed E-state index contributed by atoms with van der Waals surface area (Å²) in [6, 6.07) is 9.12. The van der Waals surface area contributed by atoms with Gasteiger partial charge in [0, 0.05) is 7.11 Å². The highest BCUT2D eigenvalue weighted by Crippen LogP contribution is 2.62. The Bertz CT molecular complexity index is 465. The predicted octanol–water partition coefficient (Wildman–Crippen LogP) is 0.508. The van der Waals surface area contributed by atoms with Crippen LogP contribution in [-0.4, -0.2) is 46.3 Å². The smallest absolute Gasteiger partial charge is 0.263 e. The molecular weight excluding hydrogens is 271 g/mol. The Balaban J connectivity index is 2.12. The second kappa shape index (κ2) is 5.71. The fraction of sp³-hybridized carbons (Fsp3) is 0.500. The van der Waals surface area contributed by atoms with Crippen LogP contribution in [-0.2, 0) is 20.4 Å². The topological polar surface area (TPSA) is 96.2 Å². The molecule has 1 heterocycles. The molecule has 1 aliphatic heterocycles. The SMILES string of the molecule is COP1(=O)C(O)C(O)[C@@H](O)[C@H]1OCc1ccccc1. The Hall–Kier alpha value is -0.750. The van der Waals surface area contributed by atoms with Crippen LogP contribution in [0.3, 0.4) is 0 Å². The van der Waals surface area contributed by atoms with Crippen LogP contribution in [0.5, 0.6) is 0 Å². The van der Waals surface area contributed by atoms with E-state index in [-0.39, 0.29) is 6.61 Å². The molecule has 0 aliphatic carbocycles. The number of benzene rings is 1. The molecule has 0 spiro atoms. The normalized spacial score (nSPS) is 38.5. The van der Waals surface area contributed by atoms with Gasteiger partial charge in [-0.3, -0.25) is 4.57 Å². The molecule has 5 atom stereocenters. The van der Waals surface area contributed by atoms with E-state index in [2.05, 4.69) is 0 Å². The van der Waals surface area contributed by atoms with E-state index in [1.54, 1.807) is 0 Å². The summed E-state index contributed by atoms with van der Waals surface area (Å²) in [6.07, 6.45) is -2.98. The molecule has 19 heavy (non-hydrogen) atoms. The van der Waals surface area contributed by atoms with Crippen molar-refractivity contribution < 1.29 is 29.1 Å². The zero-order valence-corrected chi connectivity index (χ0v) is 11.3. The maximum absolute atomic E-state index is 12.4. The Labute approximate surface area is 111 Å². The molecule has 1 aliphatic rings. The molecule has 0 amide bonds. The molecular formula is C12H17O6P. The minimum Gasteiger partial charge on any atom is -0.387 e. The molecule has 1 fully saturated rings. The molecule has 6 nitrogen and oxygen atoms in total. The molecule has 0 saturated carbocycles. The van der Waals surface area contributed by atoms with Gasteiger partial charge in [-0.2, -0.15) is 0 Å². The third-order valence-electron chi connectivity index (χ3n) is 3.22. The number of aliphatic hydroxyl groups is 3. The van der Waals surface area contributed by atoms with Gasteiger partial charge in [-0.15, -0.1) is 0 Å². The van der Waals surface area contributed by atoms with Crippen molar-refractivity contribution in [3.05, 3.63) is 35.9 Å². The van der Waals surface area contributed by atoms with E-state index < -0.39 is 31.3 Å². The van der Waals surface area contributed by atoms with Gasteiger partial charge in [-0.05, 0) is 5.56 Å². The number of aliphatic hydroxyl groups excluding tert-OH is 3. The lowest BCUT2D eigenvalue weighted by Gasteiger charge is -2.22. The second-order valence-electron chi connectivity index (χ2n) is 4.41. The number of hydrogen-bond acceptors (Lipinski definition) is 6. The van der Waals surface area contributed by atoms with Crippen molar-refractivity contribution in [2.24, 2.45) is 0 Å². The van der Waals surface area contributed by atoms with E-state index in [1.165, 1.54) is 0 Å². The number of rotatable bonds is 4. The summed E-state index contributed by atoms with van der Waals surface area (Å²) in [4.78, 5) is 0. The fourth-order valence-electron chi connectivity index (χ4n) is 2.09. The van der Waals surface area contributed by atoms with Crippen molar-refractivity contribution in [3.8, 4) is 0 Å². The summed E-state index contributed by atoms with van der Waals surface area (Å²) >= 11 is 0. The molecule has 0 radical (unpaired) electrons. The zero-order chi connectivity index (χ0) is 14.0. The molecule has 1 saturated heterocycles. The molecule has 1 aromatic carbocycles. The molecule has 1 aromatic rings. The van der Waals surface area contributed by atoms with E-state index in [9.17, 15) is 19.9 Å². The lowest BCUT2D eigenvalue weighted by Crippen LogP contribution is -2.33. The number of ether oxygens (including phenoxy) is 1. The quantitative estimate of drug-likeness (QED) is 0.699. The van der Waals surface area contributed by atoms with Gasteiger partial charge in [0.25, 0.3) is 7.37 Å². The van der Waals surface area contributed by atoms with Gasteiger partial charge in [-0.1, -0.05) is 30.3 Å². The summed E-state index contributed by atoms with van der Waals surface area (Å²) < 4.78 is 22.6. The van der Waals surface area contributed by atoms with Crippen LogP contribution in [0.1, 0.15) is 5.56 Å². The highest BCUT2D eigenvalue weighted by molar-refractivity contribution is 7.60. The van der Waals surface area contributed by atoms with Gasteiger partial charge < -0.3 is 24.6 Å². The minimum atomic E-state index is -3.67. The van der Waals surface area contributed by atoms with Crippen LogP contribution in [0.25, 0.3) is 0 Å². The van der Waals surface area contributed by atoms with Crippen LogP contribution in [0, 0.1) is 0 Å². The van der Waals surface area contributed by atoms with Gasteiger partial charge in [-0.25, -0.2) is 0 Å². The summed E-state index contributed by atoms with van der Waals surface area (Å²) in [5.74, 6) is -2.86. The van der Waals surface area contributed by atoms with Gasteiger partial charge >= 0.3 is 0 Å². The first-order valence-electron chi connectivity index (χ1n) is 5.85. The average molecular weight is 288 g/mol. The van der Waals surface area contributed by atoms with Crippen molar-refractivity contribution in [1.82, 2.24) is 0 Å². The molecule has 3 N–H and O–H groups in total. The standard InChI is InChI=1S/C12H17O6P/c1-17-19(16)11(15)9(13)10(14)12(19)18-7-8-5-3-2-4-6-8/h2-6,9-15H,7H2,1H3/t9?,10-,11?,12+,19?/m1/s1. The first-order chi connectivity index (χ1) is 9.00. The van der Waals surface area contributed by atoms with Crippen molar-refractivity contribution in [2.45, 2.75) is 30.5 Å². The maximum Gasteiger partial charge on any atom is 0.263 e. The van der Waals surface area contributed by atoms with Crippen LogP contribution in [0.15, 0.2) is 30.3 Å². The molecule has 106 valence electrons. The summed E-state index contributed by atoms with van der Waals surface area (Å²) in [5.41, 5.74) is 0.827. The van der Waals surface area contributed by atoms with Crippen molar-refractivity contribution in [1.29, 1.82) is 0 Å². The Morgan fingerprint density at radius 3 is 2.37 bits per heavy atom. The Kier molecular flexibility index (Phi) is 4.40. The summed E-state index contributed by atoms with van der Waals surface area (Å²) in [6.45, 7) is 0.107. The second-order valence-corrected chi connectivity index (χ2v) is 7.10. The van der Waals surface area contributed by atoms with E-state index >= 15 is 0 Å². The van der Waals surface area contributed by atoms with E-state index in [0.29, 0.717) is 0 Å². The van der Waals surface area contributed by atoms with E-state index in [1.807, 2.05) is 30.3 Å². The monoisotopic (exact) mass is 288 g/mol. The van der Waals surface area contributed by atoms with Crippen LogP contribution < -0.4 is 0 Å². The first kappa shape index (κ1) is 14.7. The lowest BCUT2D eigenvalue weighted by molar-refractivity contribution is -0.0640. The van der Waals surface area contributed by atoms with Crippen molar-refractivity contribution in [3.63, 3.8) is 0 Å². The Morgan fingerprint density at radius 2 is 1.79 bits per heavy atom. The highest BCUT2D eigenvalue weighted by Gasteiger charge is 2.58. The minimum absolute atomic E-state index is 0.107. The molecule has 3 unspecified atom stereocenters. The van der Waals surface area contributed by atoms with Gasteiger partial charge in [0.1, 0.15) is 12.2 Å². The van der Waals surface area contributed by atoms with Gasteiger partial charge in [0.2, 0.25) is 0 Å². The molecule has 2 rings (SSSR count).